The predicted molar refractivity (Wildman–Crippen MR) is 76.6 cm³/mol. The number of nitriles is 1. The zero-order chi connectivity index (χ0) is 14.3. The molecule has 1 rings (SSSR count). The summed E-state index contributed by atoms with van der Waals surface area (Å²) in [4.78, 5) is 11.5. The molecule has 0 heterocycles. The van der Waals surface area contributed by atoms with Crippen molar-refractivity contribution in [1.29, 1.82) is 5.26 Å². The summed E-state index contributed by atoms with van der Waals surface area (Å²) in [6, 6.07) is 7.69. The maximum atomic E-state index is 11.5. The number of amides is 1. The van der Waals surface area contributed by atoms with Crippen molar-refractivity contribution in [3.8, 4) is 6.07 Å². The Morgan fingerprint density at radius 3 is 2.84 bits per heavy atom. The molecule has 102 valence electrons. The van der Waals surface area contributed by atoms with Gasteiger partial charge in [-0.05, 0) is 37.6 Å². The van der Waals surface area contributed by atoms with Gasteiger partial charge in [0, 0.05) is 30.4 Å². The average Bonchev–Trinajstić information content (AvgIpc) is 2.32. The lowest BCUT2D eigenvalue weighted by molar-refractivity contribution is -0.121. The number of nitrogens with one attached hydrogen (secondary N) is 2. The summed E-state index contributed by atoms with van der Waals surface area (Å²) in [5, 5.41) is 14.7. The van der Waals surface area contributed by atoms with E-state index in [9.17, 15) is 4.79 Å². The first-order valence-electron chi connectivity index (χ1n) is 6.31. The van der Waals surface area contributed by atoms with E-state index in [1.54, 1.807) is 6.07 Å². The van der Waals surface area contributed by atoms with E-state index in [4.69, 9.17) is 11.0 Å². The average molecular weight is 260 g/mol. The number of anilines is 2. The molecule has 0 bridgehead atoms. The third-order valence-corrected chi connectivity index (χ3v) is 2.54. The van der Waals surface area contributed by atoms with E-state index in [1.165, 1.54) is 0 Å². The molecular formula is C14H20N4O. The van der Waals surface area contributed by atoms with Crippen LogP contribution in [0.2, 0.25) is 0 Å². The molecule has 0 saturated heterocycles. The summed E-state index contributed by atoms with van der Waals surface area (Å²) in [6.45, 7) is 4.41. The number of hydrogen-bond acceptors (Lipinski definition) is 4. The molecule has 0 radical (unpaired) electrons. The Morgan fingerprint density at radius 1 is 1.47 bits per heavy atom. The number of carbonyl (C=O) groups is 1. The molecule has 0 aliphatic rings. The second-order valence-electron chi connectivity index (χ2n) is 4.65. The number of carbonyl (C=O) groups excluding carboxylic acids is 1. The van der Waals surface area contributed by atoms with Crippen molar-refractivity contribution in [1.82, 2.24) is 5.32 Å². The summed E-state index contributed by atoms with van der Waals surface area (Å²) in [5.74, 6) is 0.0233. The molecule has 5 nitrogen and oxygen atoms in total. The van der Waals surface area contributed by atoms with E-state index in [0.29, 0.717) is 18.7 Å². The van der Waals surface area contributed by atoms with Gasteiger partial charge in [-0.2, -0.15) is 5.26 Å². The molecule has 1 amide bonds. The van der Waals surface area contributed by atoms with Gasteiger partial charge in [-0.1, -0.05) is 0 Å². The Morgan fingerprint density at radius 2 is 2.21 bits per heavy atom. The maximum Gasteiger partial charge on any atom is 0.221 e. The molecular weight excluding hydrogens is 240 g/mol. The largest absolute Gasteiger partial charge is 0.398 e. The van der Waals surface area contributed by atoms with Crippen molar-refractivity contribution in [2.75, 3.05) is 17.6 Å². The quantitative estimate of drug-likeness (QED) is 0.678. The lowest BCUT2D eigenvalue weighted by atomic mass is 10.1. The molecule has 0 spiro atoms. The van der Waals surface area contributed by atoms with Gasteiger partial charge in [-0.25, -0.2) is 0 Å². The molecule has 0 aliphatic heterocycles. The number of nitrogen functional groups attached to an aromatic ring is 1. The Hall–Kier alpha value is -2.22. The van der Waals surface area contributed by atoms with Crippen molar-refractivity contribution < 1.29 is 4.79 Å². The van der Waals surface area contributed by atoms with Crippen molar-refractivity contribution >= 4 is 17.3 Å². The third-order valence-electron chi connectivity index (χ3n) is 2.54. The zero-order valence-electron chi connectivity index (χ0n) is 11.4. The first-order valence-corrected chi connectivity index (χ1v) is 6.31. The van der Waals surface area contributed by atoms with Gasteiger partial charge in [0.05, 0.1) is 12.5 Å². The highest BCUT2D eigenvalue weighted by Crippen LogP contribution is 2.18. The van der Waals surface area contributed by atoms with Gasteiger partial charge in [-0.15, -0.1) is 0 Å². The smallest absolute Gasteiger partial charge is 0.221 e. The summed E-state index contributed by atoms with van der Waals surface area (Å²) in [7, 11) is 0. The Bertz CT molecular complexity index is 477. The van der Waals surface area contributed by atoms with Crippen LogP contribution in [0, 0.1) is 11.3 Å². The van der Waals surface area contributed by atoms with Gasteiger partial charge in [0.15, 0.2) is 0 Å². The molecule has 0 fully saturated rings. The van der Waals surface area contributed by atoms with Crippen LogP contribution in [0.25, 0.3) is 0 Å². The first kappa shape index (κ1) is 14.8. The number of rotatable bonds is 6. The SMILES string of the molecule is CC(C)NC(=O)CCNc1ccc(N)c(CC#N)c1. The topological polar surface area (TPSA) is 90.9 Å². The summed E-state index contributed by atoms with van der Waals surface area (Å²) in [5.41, 5.74) is 8.06. The Kier molecular flexibility index (Phi) is 5.68. The number of nitrogens with two attached hydrogens (primary N) is 1. The van der Waals surface area contributed by atoms with Crippen LogP contribution in [0.3, 0.4) is 0 Å². The maximum absolute atomic E-state index is 11.5. The standard InChI is InChI=1S/C14H20N4O/c1-10(2)18-14(19)6-8-17-12-3-4-13(16)11(9-12)5-7-15/h3-4,9-10,17H,5-6,8,16H2,1-2H3,(H,18,19). The zero-order valence-corrected chi connectivity index (χ0v) is 11.4. The van der Waals surface area contributed by atoms with Crippen molar-refractivity contribution in [2.45, 2.75) is 32.7 Å². The highest BCUT2D eigenvalue weighted by atomic mass is 16.1. The van der Waals surface area contributed by atoms with Crippen LogP contribution in [0.5, 0.6) is 0 Å². The Balaban J connectivity index is 2.48. The fourth-order valence-electron chi connectivity index (χ4n) is 1.67. The van der Waals surface area contributed by atoms with Crippen LogP contribution >= 0.6 is 0 Å². The molecule has 5 heteroatoms. The minimum absolute atomic E-state index is 0.0233. The van der Waals surface area contributed by atoms with Gasteiger partial charge < -0.3 is 16.4 Å². The van der Waals surface area contributed by atoms with E-state index in [2.05, 4.69) is 16.7 Å². The molecule has 0 unspecified atom stereocenters. The second-order valence-corrected chi connectivity index (χ2v) is 4.65. The normalized spacial score (nSPS) is 10.0. The van der Waals surface area contributed by atoms with E-state index < -0.39 is 0 Å². The molecule has 0 saturated carbocycles. The van der Waals surface area contributed by atoms with E-state index in [0.717, 1.165) is 11.3 Å². The minimum atomic E-state index is 0.0233. The molecule has 1 aromatic rings. The van der Waals surface area contributed by atoms with Gasteiger partial charge >= 0.3 is 0 Å². The lowest BCUT2D eigenvalue weighted by Gasteiger charge is -2.11. The Labute approximate surface area is 113 Å². The van der Waals surface area contributed by atoms with Crippen molar-refractivity contribution in [2.24, 2.45) is 0 Å². The molecule has 0 atom stereocenters. The number of benzene rings is 1. The summed E-state index contributed by atoms with van der Waals surface area (Å²) >= 11 is 0. The fraction of sp³-hybridized carbons (Fsp3) is 0.429. The van der Waals surface area contributed by atoms with Crippen LogP contribution in [-0.2, 0) is 11.2 Å². The van der Waals surface area contributed by atoms with E-state index >= 15 is 0 Å². The summed E-state index contributed by atoms with van der Waals surface area (Å²) in [6.07, 6.45) is 0.700. The number of nitrogens with zero attached hydrogens (tertiary/aromatic N) is 1. The number of hydrogen-bond donors (Lipinski definition) is 3. The highest BCUT2D eigenvalue weighted by molar-refractivity contribution is 5.76. The third kappa shape index (κ3) is 5.30. The molecule has 1 aromatic carbocycles. The second kappa shape index (κ2) is 7.27. The summed E-state index contributed by atoms with van der Waals surface area (Å²) < 4.78 is 0. The van der Waals surface area contributed by atoms with Crippen LogP contribution < -0.4 is 16.4 Å². The van der Waals surface area contributed by atoms with Gasteiger partial charge in [-0.3, -0.25) is 4.79 Å². The molecule has 0 aromatic heterocycles. The van der Waals surface area contributed by atoms with Crippen LogP contribution in [0.4, 0.5) is 11.4 Å². The minimum Gasteiger partial charge on any atom is -0.398 e. The van der Waals surface area contributed by atoms with Crippen LogP contribution in [0.1, 0.15) is 25.8 Å². The monoisotopic (exact) mass is 260 g/mol. The van der Waals surface area contributed by atoms with Gasteiger partial charge in [0.2, 0.25) is 5.91 Å². The molecule has 4 N–H and O–H groups in total. The molecule has 0 aliphatic carbocycles. The van der Waals surface area contributed by atoms with Gasteiger partial charge in [0.25, 0.3) is 0 Å². The predicted octanol–water partition coefficient (Wildman–Crippen LogP) is 1.66. The molecule has 19 heavy (non-hydrogen) atoms. The van der Waals surface area contributed by atoms with Crippen LogP contribution in [0.15, 0.2) is 18.2 Å². The fourth-order valence-corrected chi connectivity index (χ4v) is 1.67. The first-order chi connectivity index (χ1) is 9.02. The van der Waals surface area contributed by atoms with E-state index in [1.807, 2.05) is 26.0 Å². The highest BCUT2D eigenvalue weighted by Gasteiger charge is 2.04. The van der Waals surface area contributed by atoms with Gasteiger partial charge in [0.1, 0.15) is 0 Å². The van der Waals surface area contributed by atoms with Crippen molar-refractivity contribution in [3.05, 3.63) is 23.8 Å². The lowest BCUT2D eigenvalue weighted by Crippen LogP contribution is -2.31. The van der Waals surface area contributed by atoms with E-state index in [-0.39, 0.29) is 18.4 Å². The van der Waals surface area contributed by atoms with Crippen LogP contribution in [-0.4, -0.2) is 18.5 Å². The van der Waals surface area contributed by atoms with Crippen molar-refractivity contribution in [3.63, 3.8) is 0 Å².